The Morgan fingerprint density at radius 2 is 2.16 bits per heavy atom. The number of carbonyl (C=O) groups is 2. The third kappa shape index (κ3) is 5.31. The molecular formula is C23H35FN6O2. The quantitative estimate of drug-likeness (QED) is 0.259. The van der Waals surface area contributed by atoms with Crippen LogP contribution in [0.4, 0.5) is 14.9 Å². The summed E-state index contributed by atoms with van der Waals surface area (Å²) >= 11 is 0. The van der Waals surface area contributed by atoms with Gasteiger partial charge >= 0.3 is 6.03 Å². The van der Waals surface area contributed by atoms with Crippen LogP contribution < -0.4 is 20.9 Å². The Balaban J connectivity index is 1.47. The highest BCUT2D eigenvalue weighted by Gasteiger charge is 2.45. The van der Waals surface area contributed by atoms with Crippen molar-refractivity contribution in [1.29, 1.82) is 0 Å². The van der Waals surface area contributed by atoms with E-state index in [0.717, 1.165) is 24.9 Å². The lowest BCUT2D eigenvalue weighted by molar-refractivity contribution is -0.130. The summed E-state index contributed by atoms with van der Waals surface area (Å²) in [7, 11) is 1.71. The van der Waals surface area contributed by atoms with Gasteiger partial charge in [-0.3, -0.25) is 14.7 Å². The second-order valence-electron chi connectivity index (χ2n) is 8.81. The van der Waals surface area contributed by atoms with E-state index in [2.05, 4.69) is 25.8 Å². The van der Waals surface area contributed by atoms with Crippen molar-refractivity contribution >= 4 is 23.6 Å². The number of anilines is 1. The fraction of sp³-hybridized carbons (Fsp3) is 0.609. The van der Waals surface area contributed by atoms with Gasteiger partial charge in [-0.1, -0.05) is 13.0 Å². The third-order valence-electron chi connectivity index (χ3n) is 6.33. The summed E-state index contributed by atoms with van der Waals surface area (Å²) in [4.78, 5) is 32.2. The summed E-state index contributed by atoms with van der Waals surface area (Å²) in [5, 5.41) is 9.45. The maximum atomic E-state index is 14.3. The number of aliphatic imine (C=N–C) groups is 1. The van der Waals surface area contributed by atoms with Crippen LogP contribution in [-0.4, -0.2) is 67.6 Å². The predicted octanol–water partition coefficient (Wildman–Crippen LogP) is 2.38. The Bertz CT molecular complexity index is 876. The largest absolute Gasteiger partial charge is 0.367 e. The number of urea groups is 1. The van der Waals surface area contributed by atoms with E-state index in [0.29, 0.717) is 44.1 Å². The smallest absolute Gasteiger partial charge is 0.325 e. The molecule has 9 heteroatoms. The average Bonchev–Trinajstić information content (AvgIpc) is 3.00. The van der Waals surface area contributed by atoms with Crippen LogP contribution in [0.15, 0.2) is 23.2 Å². The van der Waals surface area contributed by atoms with Gasteiger partial charge in [-0.15, -0.1) is 0 Å². The lowest BCUT2D eigenvalue weighted by Gasteiger charge is -2.35. The molecule has 32 heavy (non-hydrogen) atoms. The molecule has 0 bridgehead atoms. The van der Waals surface area contributed by atoms with Crippen LogP contribution in [-0.2, 0) is 4.79 Å². The van der Waals surface area contributed by atoms with Crippen LogP contribution in [0.2, 0.25) is 0 Å². The summed E-state index contributed by atoms with van der Waals surface area (Å²) in [6.45, 7) is 8.06. The Morgan fingerprint density at radius 1 is 1.38 bits per heavy atom. The van der Waals surface area contributed by atoms with Gasteiger partial charge < -0.3 is 20.9 Å². The van der Waals surface area contributed by atoms with Gasteiger partial charge in [0.15, 0.2) is 5.96 Å². The standard InChI is InChI=1S/C23H35FN6O2/c1-5-23(3)20(31)30(22(32)28-23)13-7-11-26-21(25-4)27-17-8-6-12-29(15-17)19-14-16(2)9-10-18(19)24/h9-10,14,17H,5-8,11-13,15H2,1-4H3,(H,28,32)(H2,25,26,27). The minimum absolute atomic E-state index is 0.145. The normalized spacial score (nSPS) is 24.0. The average molecular weight is 447 g/mol. The summed E-state index contributed by atoms with van der Waals surface area (Å²) < 4.78 is 14.3. The summed E-state index contributed by atoms with van der Waals surface area (Å²) in [5.41, 5.74) is 0.886. The second-order valence-corrected chi connectivity index (χ2v) is 8.81. The van der Waals surface area contributed by atoms with Gasteiger partial charge in [-0.05, 0) is 57.2 Å². The van der Waals surface area contributed by atoms with Gasteiger partial charge in [-0.2, -0.15) is 0 Å². The molecule has 2 atom stereocenters. The zero-order valence-corrected chi connectivity index (χ0v) is 19.5. The molecule has 0 aromatic heterocycles. The van der Waals surface area contributed by atoms with E-state index >= 15 is 0 Å². The molecule has 3 rings (SSSR count). The monoisotopic (exact) mass is 446 g/mol. The second kappa shape index (κ2) is 10.2. The van der Waals surface area contributed by atoms with E-state index in [1.807, 2.05) is 19.9 Å². The van der Waals surface area contributed by atoms with Gasteiger partial charge in [0.1, 0.15) is 11.4 Å². The molecule has 2 unspecified atom stereocenters. The van der Waals surface area contributed by atoms with E-state index in [4.69, 9.17) is 0 Å². The Morgan fingerprint density at radius 3 is 2.84 bits per heavy atom. The molecule has 1 aromatic carbocycles. The van der Waals surface area contributed by atoms with E-state index in [-0.39, 0.29) is 23.8 Å². The molecule has 2 aliphatic heterocycles. The SMILES string of the molecule is CCC1(C)NC(=O)N(CCCNC(=NC)NC2CCCN(c3cc(C)ccc3F)C2)C1=O. The molecule has 2 fully saturated rings. The highest BCUT2D eigenvalue weighted by molar-refractivity contribution is 6.06. The van der Waals surface area contributed by atoms with E-state index in [1.165, 1.54) is 11.0 Å². The van der Waals surface area contributed by atoms with E-state index < -0.39 is 5.54 Å². The predicted molar refractivity (Wildman–Crippen MR) is 124 cm³/mol. The van der Waals surface area contributed by atoms with Gasteiger partial charge in [0.05, 0.1) is 5.69 Å². The van der Waals surface area contributed by atoms with Gasteiger partial charge in [0.25, 0.3) is 5.91 Å². The zero-order valence-electron chi connectivity index (χ0n) is 19.5. The number of hydrogen-bond acceptors (Lipinski definition) is 4. The topological polar surface area (TPSA) is 89.1 Å². The number of benzene rings is 1. The molecule has 0 saturated carbocycles. The number of nitrogens with one attached hydrogen (secondary N) is 3. The number of nitrogens with zero attached hydrogens (tertiary/aromatic N) is 3. The van der Waals surface area contributed by atoms with Crippen LogP contribution in [0.25, 0.3) is 0 Å². The minimum atomic E-state index is -0.800. The number of rotatable bonds is 7. The first-order chi connectivity index (χ1) is 15.3. The molecule has 8 nitrogen and oxygen atoms in total. The zero-order chi connectivity index (χ0) is 23.3. The molecule has 2 saturated heterocycles. The summed E-state index contributed by atoms with van der Waals surface area (Å²) in [6, 6.07) is 5.02. The molecular weight excluding hydrogens is 411 g/mol. The fourth-order valence-corrected chi connectivity index (χ4v) is 4.20. The first kappa shape index (κ1) is 23.8. The highest BCUT2D eigenvalue weighted by atomic mass is 19.1. The fourth-order valence-electron chi connectivity index (χ4n) is 4.20. The van der Waals surface area contributed by atoms with Crippen molar-refractivity contribution in [2.75, 3.05) is 38.1 Å². The molecule has 1 aromatic rings. The lowest BCUT2D eigenvalue weighted by Crippen LogP contribution is -2.51. The lowest BCUT2D eigenvalue weighted by atomic mass is 9.99. The highest BCUT2D eigenvalue weighted by Crippen LogP contribution is 2.24. The van der Waals surface area contributed by atoms with E-state index in [1.54, 1.807) is 20.0 Å². The molecule has 0 aliphatic carbocycles. The summed E-state index contributed by atoms with van der Waals surface area (Å²) in [6.07, 6.45) is 3.12. The number of halogens is 1. The molecule has 0 spiro atoms. The van der Waals surface area contributed by atoms with Crippen LogP contribution in [0, 0.1) is 12.7 Å². The van der Waals surface area contributed by atoms with Crippen LogP contribution in [0.5, 0.6) is 0 Å². The number of carbonyl (C=O) groups excluding carboxylic acids is 2. The maximum absolute atomic E-state index is 14.3. The van der Waals surface area contributed by atoms with Crippen molar-refractivity contribution in [1.82, 2.24) is 20.9 Å². The van der Waals surface area contributed by atoms with Crippen LogP contribution >= 0.6 is 0 Å². The number of piperidine rings is 1. The molecule has 2 aliphatic rings. The van der Waals surface area contributed by atoms with Crippen molar-refractivity contribution in [2.45, 2.75) is 58.0 Å². The van der Waals surface area contributed by atoms with Gasteiger partial charge in [0.2, 0.25) is 0 Å². The molecule has 3 N–H and O–H groups in total. The number of imide groups is 1. The van der Waals surface area contributed by atoms with Crippen molar-refractivity contribution in [3.8, 4) is 0 Å². The Hall–Kier alpha value is -2.84. The number of guanidine groups is 1. The van der Waals surface area contributed by atoms with Crippen molar-refractivity contribution in [3.63, 3.8) is 0 Å². The number of hydrogen-bond donors (Lipinski definition) is 3. The molecule has 176 valence electrons. The Labute approximate surface area is 189 Å². The van der Waals surface area contributed by atoms with E-state index in [9.17, 15) is 14.0 Å². The van der Waals surface area contributed by atoms with Gasteiger partial charge in [-0.25, -0.2) is 9.18 Å². The van der Waals surface area contributed by atoms with Gasteiger partial charge in [0, 0.05) is 39.3 Å². The van der Waals surface area contributed by atoms with Crippen LogP contribution in [0.3, 0.4) is 0 Å². The molecule has 3 amide bonds. The maximum Gasteiger partial charge on any atom is 0.325 e. The third-order valence-corrected chi connectivity index (χ3v) is 6.33. The Kier molecular flexibility index (Phi) is 7.58. The van der Waals surface area contributed by atoms with Crippen LogP contribution in [0.1, 0.15) is 45.1 Å². The summed E-state index contributed by atoms with van der Waals surface area (Å²) in [5.74, 6) is 0.300. The molecule has 0 radical (unpaired) electrons. The number of aryl methyl sites for hydroxylation is 1. The first-order valence-electron chi connectivity index (χ1n) is 11.4. The first-order valence-corrected chi connectivity index (χ1v) is 11.4. The van der Waals surface area contributed by atoms with Crippen molar-refractivity contribution in [2.24, 2.45) is 4.99 Å². The van der Waals surface area contributed by atoms with Crippen molar-refractivity contribution in [3.05, 3.63) is 29.6 Å². The minimum Gasteiger partial charge on any atom is -0.367 e. The number of amides is 3. The van der Waals surface area contributed by atoms with Crippen molar-refractivity contribution < 1.29 is 14.0 Å². The molecule has 2 heterocycles.